The first kappa shape index (κ1) is 25.1. The molecule has 1 aliphatic carbocycles. The highest BCUT2D eigenvalue weighted by atomic mass is 19.1. The molecule has 1 fully saturated rings. The third kappa shape index (κ3) is 4.15. The van der Waals surface area contributed by atoms with Crippen LogP contribution in [0.25, 0.3) is 16.8 Å². The van der Waals surface area contributed by atoms with Crippen molar-refractivity contribution in [2.75, 3.05) is 13.7 Å². The summed E-state index contributed by atoms with van der Waals surface area (Å²) >= 11 is 0. The van der Waals surface area contributed by atoms with E-state index in [1.807, 2.05) is 36.9 Å². The number of carboxylic acids is 1. The average molecular weight is 528 g/mol. The summed E-state index contributed by atoms with van der Waals surface area (Å²) < 4.78 is 22.8. The number of carbonyl (C=O) groups is 2. The van der Waals surface area contributed by atoms with E-state index in [0.29, 0.717) is 53.0 Å². The third-order valence-corrected chi connectivity index (χ3v) is 8.23. The van der Waals surface area contributed by atoms with E-state index in [-0.39, 0.29) is 17.9 Å². The summed E-state index contributed by atoms with van der Waals surface area (Å²) in [6, 6.07) is 16.6. The number of carbonyl (C=O) groups excluding carboxylic acids is 1. The van der Waals surface area contributed by atoms with Crippen molar-refractivity contribution >= 4 is 17.4 Å². The minimum Gasteiger partial charge on any atom is -0.494 e. The molecule has 4 aromatic rings. The van der Waals surface area contributed by atoms with E-state index in [9.17, 15) is 14.7 Å². The quantitative estimate of drug-likeness (QED) is 0.350. The fourth-order valence-electron chi connectivity index (χ4n) is 5.96. The molecule has 1 N–H and O–H groups in total. The molecular weight excluding hydrogens is 497 g/mol. The van der Waals surface area contributed by atoms with Gasteiger partial charge >= 0.3 is 5.97 Å². The van der Waals surface area contributed by atoms with Gasteiger partial charge in [-0.2, -0.15) is 5.10 Å². The Morgan fingerprint density at radius 1 is 1.15 bits per heavy atom. The summed E-state index contributed by atoms with van der Waals surface area (Å²) in [5, 5.41) is 13.9. The second kappa shape index (κ2) is 9.52. The van der Waals surface area contributed by atoms with Gasteiger partial charge in [0.1, 0.15) is 11.3 Å². The lowest BCUT2D eigenvalue weighted by Crippen LogP contribution is -2.39. The highest BCUT2D eigenvalue weighted by molar-refractivity contribution is 6.00. The lowest BCUT2D eigenvalue weighted by atomic mass is 9.93. The SMILES string of the molecule is CCc1cc(C(=O)N2CCc3ccccc3[C@H]2C)c(OC)c2cc(-c3ccc(C4C[C@H]4C(=O)O)cc3F)nn12. The molecule has 1 saturated carbocycles. The number of carboxylic acid groups (broad SMARTS) is 1. The van der Waals surface area contributed by atoms with Gasteiger partial charge in [-0.15, -0.1) is 0 Å². The topological polar surface area (TPSA) is 84.1 Å². The molecule has 39 heavy (non-hydrogen) atoms. The maximum atomic E-state index is 15.3. The maximum Gasteiger partial charge on any atom is 0.307 e. The second-order valence-electron chi connectivity index (χ2n) is 10.4. The number of benzene rings is 2. The number of nitrogens with zero attached hydrogens (tertiary/aromatic N) is 3. The molecule has 2 aromatic heterocycles. The van der Waals surface area contributed by atoms with Crippen molar-refractivity contribution in [2.45, 2.75) is 45.1 Å². The van der Waals surface area contributed by atoms with Crippen molar-refractivity contribution < 1.29 is 23.8 Å². The molecule has 1 amide bonds. The number of ether oxygens (including phenoxy) is 1. The van der Waals surface area contributed by atoms with Crippen molar-refractivity contribution in [2.24, 2.45) is 5.92 Å². The van der Waals surface area contributed by atoms with E-state index in [2.05, 4.69) is 12.1 Å². The smallest absolute Gasteiger partial charge is 0.307 e. The molecule has 0 saturated heterocycles. The first-order valence-electron chi connectivity index (χ1n) is 13.3. The maximum absolute atomic E-state index is 15.3. The van der Waals surface area contributed by atoms with Crippen LogP contribution >= 0.6 is 0 Å². The van der Waals surface area contributed by atoms with Gasteiger partial charge in [0, 0.05) is 17.8 Å². The van der Waals surface area contributed by atoms with Crippen molar-refractivity contribution in [3.63, 3.8) is 0 Å². The predicted molar refractivity (Wildman–Crippen MR) is 145 cm³/mol. The molecule has 2 aromatic carbocycles. The predicted octanol–water partition coefficient (Wildman–Crippen LogP) is 5.66. The average Bonchev–Trinajstić information content (AvgIpc) is 3.64. The third-order valence-electron chi connectivity index (χ3n) is 8.23. The Kier molecular flexibility index (Phi) is 6.13. The largest absolute Gasteiger partial charge is 0.494 e. The fraction of sp³-hybridized carbons (Fsp3) is 0.323. The number of aromatic nitrogens is 2. The van der Waals surface area contributed by atoms with Crippen LogP contribution in [0.2, 0.25) is 0 Å². The molecule has 2 aliphatic rings. The van der Waals surface area contributed by atoms with Gasteiger partial charge in [0.25, 0.3) is 5.91 Å². The summed E-state index contributed by atoms with van der Waals surface area (Å²) in [5.41, 5.74) is 5.70. The lowest BCUT2D eigenvalue weighted by molar-refractivity contribution is -0.138. The number of halogens is 1. The number of fused-ring (bicyclic) bond motifs is 2. The fourth-order valence-corrected chi connectivity index (χ4v) is 5.96. The summed E-state index contributed by atoms with van der Waals surface area (Å²) in [5.74, 6) is -1.62. The number of rotatable bonds is 6. The minimum atomic E-state index is -0.850. The second-order valence-corrected chi connectivity index (χ2v) is 10.4. The van der Waals surface area contributed by atoms with Crippen molar-refractivity contribution in [1.82, 2.24) is 14.5 Å². The number of methoxy groups -OCH3 is 1. The number of aryl methyl sites for hydroxylation is 1. The van der Waals surface area contributed by atoms with Gasteiger partial charge in [0.15, 0.2) is 5.75 Å². The molecule has 0 bridgehead atoms. The molecular formula is C31H30FN3O4. The van der Waals surface area contributed by atoms with Crippen LogP contribution in [0.4, 0.5) is 4.39 Å². The van der Waals surface area contributed by atoms with E-state index in [1.165, 1.54) is 18.7 Å². The van der Waals surface area contributed by atoms with Crippen LogP contribution in [0.15, 0.2) is 54.6 Å². The Labute approximate surface area is 225 Å². The van der Waals surface area contributed by atoms with Gasteiger partial charge in [0.05, 0.1) is 30.3 Å². The van der Waals surface area contributed by atoms with Crippen molar-refractivity contribution in [3.05, 3.63) is 88.4 Å². The van der Waals surface area contributed by atoms with Crippen LogP contribution in [0, 0.1) is 11.7 Å². The standard InChI is InChI=1S/C31H30FN3O4/c1-4-20-14-25(30(36)34-12-11-18-7-5-6-8-21(18)17(34)2)29(39-3)28-16-27(33-35(20)28)22-10-9-19(13-26(22)32)23-15-24(23)31(37)38/h5-10,13-14,16-17,23-24H,4,11-12,15H2,1-3H3,(H,37,38)/t17-,23?,24-/m1/s1. The molecule has 6 rings (SSSR count). The minimum absolute atomic E-state index is 0.0752. The van der Waals surface area contributed by atoms with Crippen LogP contribution < -0.4 is 4.74 Å². The van der Waals surface area contributed by atoms with Crippen LogP contribution in [0.1, 0.15) is 65.0 Å². The van der Waals surface area contributed by atoms with E-state index < -0.39 is 17.7 Å². The Morgan fingerprint density at radius 3 is 2.64 bits per heavy atom. The van der Waals surface area contributed by atoms with Gasteiger partial charge in [0.2, 0.25) is 0 Å². The molecule has 8 heteroatoms. The zero-order valence-electron chi connectivity index (χ0n) is 22.1. The van der Waals surface area contributed by atoms with Gasteiger partial charge in [-0.05, 0) is 73.1 Å². The molecule has 0 radical (unpaired) electrons. The van der Waals surface area contributed by atoms with E-state index in [0.717, 1.165) is 17.7 Å². The van der Waals surface area contributed by atoms with Crippen molar-refractivity contribution in [3.8, 4) is 17.0 Å². The molecule has 200 valence electrons. The van der Waals surface area contributed by atoms with E-state index in [4.69, 9.17) is 9.84 Å². The highest BCUT2D eigenvalue weighted by Crippen LogP contribution is 2.48. The zero-order valence-corrected chi connectivity index (χ0v) is 22.1. The Morgan fingerprint density at radius 2 is 1.95 bits per heavy atom. The summed E-state index contributed by atoms with van der Waals surface area (Å²) in [6.45, 7) is 4.64. The Bertz CT molecular complexity index is 1630. The van der Waals surface area contributed by atoms with E-state index >= 15 is 4.39 Å². The molecule has 0 spiro atoms. The van der Waals surface area contributed by atoms with Crippen molar-refractivity contribution in [1.29, 1.82) is 0 Å². The monoisotopic (exact) mass is 527 g/mol. The normalized spacial score (nSPS) is 20.1. The molecule has 1 unspecified atom stereocenters. The van der Waals surface area contributed by atoms with E-state index in [1.54, 1.807) is 22.7 Å². The van der Waals surface area contributed by atoms with Crippen LogP contribution in [0.5, 0.6) is 5.75 Å². The van der Waals surface area contributed by atoms with Gasteiger partial charge < -0.3 is 14.7 Å². The molecule has 7 nitrogen and oxygen atoms in total. The van der Waals surface area contributed by atoms with Crippen LogP contribution in [-0.4, -0.2) is 45.2 Å². The zero-order chi connectivity index (χ0) is 27.4. The highest BCUT2D eigenvalue weighted by Gasteiger charge is 2.44. The van der Waals surface area contributed by atoms with Gasteiger partial charge in [-0.3, -0.25) is 9.59 Å². The number of hydrogen-bond donors (Lipinski definition) is 1. The van der Waals surface area contributed by atoms with Gasteiger partial charge in [-0.25, -0.2) is 8.91 Å². The molecule has 3 atom stereocenters. The van der Waals surface area contributed by atoms with Crippen LogP contribution in [0.3, 0.4) is 0 Å². The number of amides is 1. The Balaban J connectivity index is 1.39. The summed E-state index contributed by atoms with van der Waals surface area (Å²) in [6.07, 6.45) is 1.93. The summed E-state index contributed by atoms with van der Waals surface area (Å²) in [7, 11) is 1.53. The summed E-state index contributed by atoms with van der Waals surface area (Å²) in [4.78, 5) is 27.1. The Hall–Kier alpha value is -4.20. The number of aliphatic carboxylic acids is 1. The lowest BCUT2D eigenvalue weighted by Gasteiger charge is -2.35. The first-order valence-corrected chi connectivity index (χ1v) is 13.3. The molecule has 1 aliphatic heterocycles. The molecule has 3 heterocycles. The van der Waals surface area contributed by atoms with Gasteiger partial charge in [-0.1, -0.05) is 37.3 Å². The first-order chi connectivity index (χ1) is 18.8. The number of hydrogen-bond acceptors (Lipinski definition) is 4. The van der Waals surface area contributed by atoms with Crippen LogP contribution in [-0.2, 0) is 17.6 Å². The number of pyridine rings is 1.